The first-order valence-electron chi connectivity index (χ1n) is 6.97. The minimum atomic E-state index is -0.271. The lowest BCUT2D eigenvalue weighted by molar-refractivity contribution is -0.151. The fourth-order valence-electron chi connectivity index (χ4n) is 2.57. The molecule has 0 aromatic heterocycles. The van der Waals surface area contributed by atoms with Crippen LogP contribution in [0.5, 0.6) is 0 Å². The zero-order valence-electron chi connectivity index (χ0n) is 11.6. The number of hydrogen-bond donors (Lipinski definition) is 0. The summed E-state index contributed by atoms with van der Waals surface area (Å²) in [6, 6.07) is 4.79. The smallest absolute Gasteiger partial charge is 0.323 e. The first-order chi connectivity index (χ1) is 9.63. The summed E-state index contributed by atoms with van der Waals surface area (Å²) < 4.78 is 19.2. The summed E-state index contributed by atoms with van der Waals surface area (Å²) in [6.07, 6.45) is 2.90. The maximum atomic E-state index is 13.6. The Kier molecular flexibility index (Phi) is 5.54. The zero-order valence-corrected chi connectivity index (χ0v) is 13.2. The van der Waals surface area contributed by atoms with Gasteiger partial charge in [0, 0.05) is 6.54 Å². The second-order valence-corrected chi connectivity index (χ2v) is 5.74. The molecule has 1 saturated heterocycles. The number of carbonyl (C=O) groups excluding carboxylic acids is 1. The van der Waals surface area contributed by atoms with Gasteiger partial charge >= 0.3 is 5.97 Å². The Morgan fingerprint density at radius 2 is 2.30 bits per heavy atom. The van der Waals surface area contributed by atoms with Crippen LogP contribution in [0.4, 0.5) is 4.39 Å². The summed E-state index contributed by atoms with van der Waals surface area (Å²) in [5.74, 6) is -0.438. The molecular formula is C15H19BrFNO2. The minimum Gasteiger partial charge on any atom is -0.465 e. The van der Waals surface area contributed by atoms with Crippen LogP contribution in [-0.2, 0) is 16.1 Å². The average molecular weight is 344 g/mol. The minimum absolute atomic E-state index is 0.167. The standard InChI is InChI=1S/C15H19BrFNO2/c1-2-20-15(19)13-8-3-4-9-18(13)10-11-6-5-7-12(17)14(11)16/h5-7,13H,2-4,8-10H2,1H3. The highest BCUT2D eigenvalue weighted by molar-refractivity contribution is 9.10. The van der Waals surface area contributed by atoms with Gasteiger partial charge in [-0.3, -0.25) is 9.69 Å². The summed E-state index contributed by atoms with van der Waals surface area (Å²) in [4.78, 5) is 14.1. The molecule has 0 N–H and O–H groups in total. The van der Waals surface area contributed by atoms with Crippen molar-refractivity contribution in [3.05, 3.63) is 34.1 Å². The van der Waals surface area contributed by atoms with Gasteiger partial charge in [0.25, 0.3) is 0 Å². The van der Waals surface area contributed by atoms with Crippen molar-refractivity contribution in [3.8, 4) is 0 Å². The Labute approximate surface area is 127 Å². The zero-order chi connectivity index (χ0) is 14.5. The molecule has 1 aliphatic heterocycles. The lowest BCUT2D eigenvalue weighted by Gasteiger charge is -2.34. The summed E-state index contributed by atoms with van der Waals surface area (Å²) in [6.45, 7) is 3.61. The largest absolute Gasteiger partial charge is 0.465 e. The molecule has 1 atom stereocenters. The predicted molar refractivity (Wildman–Crippen MR) is 78.8 cm³/mol. The highest BCUT2D eigenvalue weighted by Gasteiger charge is 2.30. The van der Waals surface area contributed by atoms with Crippen LogP contribution in [0.2, 0.25) is 0 Å². The Hall–Kier alpha value is -0.940. The average Bonchev–Trinajstić information content (AvgIpc) is 2.45. The van der Waals surface area contributed by atoms with Crippen molar-refractivity contribution in [1.82, 2.24) is 4.90 Å². The molecule has 5 heteroatoms. The molecule has 20 heavy (non-hydrogen) atoms. The molecule has 0 bridgehead atoms. The molecule has 2 rings (SSSR count). The van der Waals surface area contributed by atoms with Gasteiger partial charge in [-0.15, -0.1) is 0 Å². The van der Waals surface area contributed by atoms with Gasteiger partial charge < -0.3 is 4.74 Å². The molecular weight excluding hydrogens is 325 g/mol. The normalized spacial score (nSPS) is 19.9. The van der Waals surface area contributed by atoms with E-state index >= 15 is 0 Å². The van der Waals surface area contributed by atoms with Crippen LogP contribution >= 0.6 is 15.9 Å². The second-order valence-electron chi connectivity index (χ2n) is 4.95. The Morgan fingerprint density at radius 1 is 1.50 bits per heavy atom. The summed E-state index contributed by atoms with van der Waals surface area (Å²) in [7, 11) is 0. The van der Waals surface area contributed by atoms with Crippen LogP contribution in [0.25, 0.3) is 0 Å². The summed E-state index contributed by atoms with van der Waals surface area (Å²) in [5, 5.41) is 0. The van der Waals surface area contributed by atoms with Crippen LogP contribution in [0.1, 0.15) is 31.7 Å². The van der Waals surface area contributed by atoms with Gasteiger partial charge in [0.2, 0.25) is 0 Å². The van der Waals surface area contributed by atoms with E-state index in [9.17, 15) is 9.18 Å². The molecule has 1 aromatic rings. The highest BCUT2D eigenvalue weighted by Crippen LogP contribution is 2.26. The van der Waals surface area contributed by atoms with Crippen LogP contribution in [0, 0.1) is 5.82 Å². The van der Waals surface area contributed by atoms with E-state index in [0.29, 0.717) is 17.6 Å². The SMILES string of the molecule is CCOC(=O)C1CCCCN1Cc1cccc(F)c1Br. The van der Waals surface area contributed by atoms with E-state index in [2.05, 4.69) is 20.8 Å². The lowest BCUT2D eigenvalue weighted by Crippen LogP contribution is -2.45. The van der Waals surface area contributed by atoms with Gasteiger partial charge in [0.1, 0.15) is 11.9 Å². The molecule has 0 spiro atoms. The van der Waals surface area contributed by atoms with E-state index in [1.54, 1.807) is 6.07 Å². The number of esters is 1. The number of ether oxygens (including phenoxy) is 1. The fourth-order valence-corrected chi connectivity index (χ4v) is 2.96. The summed E-state index contributed by atoms with van der Waals surface area (Å²) in [5.41, 5.74) is 0.862. The van der Waals surface area contributed by atoms with Crippen molar-refractivity contribution in [2.45, 2.75) is 38.8 Å². The Morgan fingerprint density at radius 3 is 3.05 bits per heavy atom. The topological polar surface area (TPSA) is 29.5 Å². The van der Waals surface area contributed by atoms with Crippen molar-refractivity contribution in [3.63, 3.8) is 0 Å². The van der Waals surface area contributed by atoms with Crippen molar-refractivity contribution < 1.29 is 13.9 Å². The van der Waals surface area contributed by atoms with E-state index < -0.39 is 0 Å². The lowest BCUT2D eigenvalue weighted by atomic mass is 10.0. The highest BCUT2D eigenvalue weighted by atomic mass is 79.9. The van der Waals surface area contributed by atoms with Crippen molar-refractivity contribution >= 4 is 21.9 Å². The van der Waals surface area contributed by atoms with E-state index in [1.165, 1.54) is 6.07 Å². The first-order valence-corrected chi connectivity index (χ1v) is 7.76. The molecule has 3 nitrogen and oxygen atoms in total. The van der Waals surface area contributed by atoms with E-state index in [4.69, 9.17) is 4.74 Å². The number of piperidine rings is 1. The van der Waals surface area contributed by atoms with Crippen molar-refractivity contribution in [1.29, 1.82) is 0 Å². The van der Waals surface area contributed by atoms with Gasteiger partial charge in [-0.25, -0.2) is 4.39 Å². The number of hydrogen-bond acceptors (Lipinski definition) is 3. The van der Waals surface area contributed by atoms with Crippen LogP contribution in [0.15, 0.2) is 22.7 Å². The van der Waals surface area contributed by atoms with E-state index in [0.717, 1.165) is 31.4 Å². The third-order valence-electron chi connectivity index (χ3n) is 3.58. The van der Waals surface area contributed by atoms with E-state index in [-0.39, 0.29) is 17.8 Å². The van der Waals surface area contributed by atoms with Gasteiger partial charge in [-0.05, 0) is 53.9 Å². The van der Waals surface area contributed by atoms with E-state index in [1.807, 2.05) is 13.0 Å². The monoisotopic (exact) mass is 343 g/mol. The quantitative estimate of drug-likeness (QED) is 0.783. The number of rotatable bonds is 4. The number of likely N-dealkylation sites (tertiary alicyclic amines) is 1. The third-order valence-corrected chi connectivity index (χ3v) is 4.47. The Bertz CT molecular complexity index is 481. The van der Waals surface area contributed by atoms with Crippen LogP contribution in [-0.4, -0.2) is 30.1 Å². The van der Waals surface area contributed by atoms with Crippen LogP contribution in [0.3, 0.4) is 0 Å². The molecule has 0 aliphatic carbocycles. The maximum absolute atomic E-state index is 13.6. The molecule has 0 amide bonds. The summed E-state index contributed by atoms with van der Waals surface area (Å²) >= 11 is 3.28. The van der Waals surface area contributed by atoms with Crippen LogP contribution < -0.4 is 0 Å². The van der Waals surface area contributed by atoms with Crippen molar-refractivity contribution in [2.24, 2.45) is 0 Å². The number of nitrogens with zero attached hydrogens (tertiary/aromatic N) is 1. The van der Waals surface area contributed by atoms with Gasteiger partial charge in [-0.1, -0.05) is 18.6 Å². The van der Waals surface area contributed by atoms with Gasteiger partial charge in [-0.2, -0.15) is 0 Å². The molecule has 1 fully saturated rings. The predicted octanol–water partition coefficient (Wildman–Crippen LogP) is 3.51. The molecule has 1 heterocycles. The maximum Gasteiger partial charge on any atom is 0.323 e. The Balaban J connectivity index is 2.12. The number of benzene rings is 1. The third kappa shape index (κ3) is 3.58. The van der Waals surface area contributed by atoms with Gasteiger partial charge in [0.15, 0.2) is 0 Å². The number of carbonyl (C=O) groups is 1. The first kappa shape index (κ1) is 15.4. The van der Waals surface area contributed by atoms with Crippen molar-refractivity contribution in [2.75, 3.05) is 13.2 Å². The fraction of sp³-hybridized carbons (Fsp3) is 0.533. The molecule has 1 aliphatic rings. The van der Waals surface area contributed by atoms with Gasteiger partial charge in [0.05, 0.1) is 11.1 Å². The molecule has 0 radical (unpaired) electrons. The molecule has 1 aromatic carbocycles. The number of halogens is 2. The second kappa shape index (κ2) is 7.18. The molecule has 0 saturated carbocycles. The molecule has 110 valence electrons. The molecule has 1 unspecified atom stereocenters.